The van der Waals surface area contributed by atoms with Crippen LogP contribution < -0.4 is 16.2 Å². The minimum Gasteiger partial charge on any atom is -0.466 e. The van der Waals surface area contributed by atoms with Crippen LogP contribution in [0.1, 0.15) is 37.1 Å². The van der Waals surface area contributed by atoms with Gasteiger partial charge in [-0.3, -0.25) is 25.2 Å². The Hall–Kier alpha value is -3.39. The first-order chi connectivity index (χ1) is 13.9. The van der Waals surface area contributed by atoms with Crippen molar-refractivity contribution in [2.75, 3.05) is 0 Å². The summed E-state index contributed by atoms with van der Waals surface area (Å²) in [6, 6.07) is 13.5. The Morgan fingerprint density at radius 2 is 1.76 bits per heavy atom. The van der Waals surface area contributed by atoms with Crippen LogP contribution in [0, 0.1) is 13.8 Å². The maximum atomic E-state index is 12.7. The van der Waals surface area contributed by atoms with E-state index < -0.39 is 17.9 Å². The first-order valence-electron chi connectivity index (χ1n) is 8.99. The molecule has 8 heteroatoms. The summed E-state index contributed by atoms with van der Waals surface area (Å²) in [6.07, 6.45) is 0.281. The van der Waals surface area contributed by atoms with Crippen LogP contribution >= 0.6 is 11.3 Å². The molecule has 0 saturated carbocycles. The summed E-state index contributed by atoms with van der Waals surface area (Å²) < 4.78 is 5.33. The minimum absolute atomic E-state index is 0.281. The molecule has 0 bridgehead atoms. The van der Waals surface area contributed by atoms with Gasteiger partial charge in [0.05, 0.1) is 10.4 Å². The molecule has 0 radical (unpaired) electrons. The van der Waals surface area contributed by atoms with Gasteiger partial charge >= 0.3 is 0 Å². The summed E-state index contributed by atoms with van der Waals surface area (Å²) in [5, 5.41) is 4.52. The second kappa shape index (κ2) is 9.20. The van der Waals surface area contributed by atoms with Crippen LogP contribution in [0.4, 0.5) is 0 Å². The molecule has 3 aromatic rings. The lowest BCUT2D eigenvalue weighted by atomic mass is 10.1. The van der Waals surface area contributed by atoms with Gasteiger partial charge in [-0.15, -0.1) is 11.3 Å². The Morgan fingerprint density at radius 1 is 1.00 bits per heavy atom. The molecular weight excluding hydrogens is 390 g/mol. The number of aryl methyl sites for hydroxylation is 2. The van der Waals surface area contributed by atoms with Gasteiger partial charge in [0.1, 0.15) is 17.6 Å². The van der Waals surface area contributed by atoms with Crippen LogP contribution in [0.3, 0.4) is 0 Å². The monoisotopic (exact) mass is 411 g/mol. The normalized spacial score (nSPS) is 11.5. The molecule has 3 N–H and O–H groups in total. The van der Waals surface area contributed by atoms with Crippen molar-refractivity contribution in [1.29, 1.82) is 0 Å². The molecule has 2 heterocycles. The smallest absolute Gasteiger partial charge is 0.273 e. The van der Waals surface area contributed by atoms with Gasteiger partial charge in [0.15, 0.2) is 0 Å². The van der Waals surface area contributed by atoms with E-state index in [0.717, 1.165) is 5.56 Å². The van der Waals surface area contributed by atoms with E-state index >= 15 is 0 Å². The Labute approximate surface area is 172 Å². The standard InChI is InChI=1S/C21H21N3O4S/c1-13-11-16(14(2)28-13)19(25)23-24-20(26)17(12-15-7-4-3-5-8-15)22-21(27)18-9-6-10-29-18/h3-11,17H,12H2,1-2H3,(H,22,27)(H,23,25)(H,24,26). The highest BCUT2D eigenvalue weighted by atomic mass is 32.1. The SMILES string of the molecule is Cc1cc(C(=O)NNC(=O)C(Cc2ccccc2)NC(=O)c2cccs2)c(C)o1. The number of carbonyl (C=O) groups is 3. The molecule has 0 aliphatic heterocycles. The third-order valence-electron chi connectivity index (χ3n) is 4.23. The van der Waals surface area contributed by atoms with E-state index in [1.165, 1.54) is 11.3 Å². The number of nitrogens with one attached hydrogen (secondary N) is 3. The first kappa shape index (κ1) is 20.3. The highest BCUT2D eigenvalue weighted by molar-refractivity contribution is 7.12. The van der Waals surface area contributed by atoms with E-state index in [-0.39, 0.29) is 12.3 Å². The van der Waals surface area contributed by atoms with Crippen molar-refractivity contribution < 1.29 is 18.8 Å². The van der Waals surface area contributed by atoms with Crippen molar-refractivity contribution in [1.82, 2.24) is 16.2 Å². The second-order valence-electron chi connectivity index (χ2n) is 6.46. The Kier molecular flexibility index (Phi) is 6.46. The van der Waals surface area contributed by atoms with Crippen molar-refractivity contribution in [2.45, 2.75) is 26.3 Å². The zero-order valence-electron chi connectivity index (χ0n) is 16.0. The molecule has 0 spiro atoms. The molecule has 1 aromatic carbocycles. The van der Waals surface area contributed by atoms with Gasteiger partial charge in [0.25, 0.3) is 17.7 Å². The third-order valence-corrected chi connectivity index (χ3v) is 5.10. The molecule has 0 aliphatic rings. The Bertz CT molecular complexity index is 996. The van der Waals surface area contributed by atoms with E-state index in [2.05, 4.69) is 16.2 Å². The molecule has 3 rings (SSSR count). The molecular formula is C21H21N3O4S. The summed E-state index contributed by atoms with van der Waals surface area (Å²) in [5.41, 5.74) is 6.00. The number of amides is 3. The van der Waals surface area contributed by atoms with Crippen molar-refractivity contribution in [3.63, 3.8) is 0 Å². The predicted molar refractivity (Wildman–Crippen MR) is 110 cm³/mol. The van der Waals surface area contributed by atoms with E-state index in [1.54, 1.807) is 37.4 Å². The zero-order valence-corrected chi connectivity index (χ0v) is 16.8. The molecule has 0 saturated heterocycles. The van der Waals surface area contributed by atoms with Gasteiger partial charge in [0.2, 0.25) is 0 Å². The molecule has 0 aliphatic carbocycles. The van der Waals surface area contributed by atoms with E-state index in [9.17, 15) is 14.4 Å². The topological polar surface area (TPSA) is 100 Å². The van der Waals surface area contributed by atoms with Crippen LogP contribution in [0.2, 0.25) is 0 Å². The molecule has 1 atom stereocenters. The summed E-state index contributed by atoms with van der Waals surface area (Å²) in [5.74, 6) is -0.297. The lowest BCUT2D eigenvalue weighted by Crippen LogP contribution is -2.53. The quantitative estimate of drug-likeness (QED) is 0.543. The molecule has 1 unspecified atom stereocenters. The molecule has 2 aromatic heterocycles. The number of hydrogen-bond donors (Lipinski definition) is 3. The average Bonchev–Trinajstić information content (AvgIpc) is 3.35. The number of benzene rings is 1. The summed E-state index contributed by atoms with van der Waals surface area (Å²) >= 11 is 1.29. The number of furan rings is 1. The van der Waals surface area contributed by atoms with Gasteiger partial charge < -0.3 is 9.73 Å². The van der Waals surface area contributed by atoms with Gasteiger partial charge in [0, 0.05) is 6.42 Å². The van der Waals surface area contributed by atoms with Gasteiger partial charge in [-0.2, -0.15) is 0 Å². The lowest BCUT2D eigenvalue weighted by molar-refractivity contribution is -0.123. The van der Waals surface area contributed by atoms with Gasteiger partial charge in [-0.05, 0) is 36.9 Å². The van der Waals surface area contributed by atoms with Crippen molar-refractivity contribution in [3.05, 3.63) is 81.4 Å². The van der Waals surface area contributed by atoms with E-state index in [4.69, 9.17) is 4.42 Å². The fourth-order valence-electron chi connectivity index (χ4n) is 2.83. The maximum Gasteiger partial charge on any atom is 0.273 e. The summed E-state index contributed by atoms with van der Waals surface area (Å²) in [6.45, 7) is 3.40. The number of rotatable bonds is 6. The highest BCUT2D eigenvalue weighted by Gasteiger charge is 2.23. The molecule has 7 nitrogen and oxygen atoms in total. The summed E-state index contributed by atoms with van der Waals surface area (Å²) in [7, 11) is 0. The largest absolute Gasteiger partial charge is 0.466 e. The van der Waals surface area contributed by atoms with Crippen molar-refractivity contribution in [3.8, 4) is 0 Å². The average molecular weight is 411 g/mol. The minimum atomic E-state index is -0.862. The second-order valence-corrected chi connectivity index (χ2v) is 7.41. The number of hydrogen-bond acceptors (Lipinski definition) is 5. The van der Waals surface area contributed by atoms with Crippen LogP contribution in [0.5, 0.6) is 0 Å². The van der Waals surface area contributed by atoms with Crippen molar-refractivity contribution in [2.24, 2.45) is 0 Å². The molecule has 0 fully saturated rings. The third kappa shape index (κ3) is 5.32. The Morgan fingerprint density at radius 3 is 2.38 bits per heavy atom. The maximum absolute atomic E-state index is 12.7. The zero-order chi connectivity index (χ0) is 20.8. The number of thiophene rings is 1. The summed E-state index contributed by atoms with van der Waals surface area (Å²) in [4.78, 5) is 38.0. The van der Waals surface area contributed by atoms with Crippen LogP contribution in [-0.4, -0.2) is 23.8 Å². The van der Waals surface area contributed by atoms with Crippen molar-refractivity contribution >= 4 is 29.1 Å². The highest BCUT2D eigenvalue weighted by Crippen LogP contribution is 2.13. The lowest BCUT2D eigenvalue weighted by Gasteiger charge is -2.18. The molecule has 29 heavy (non-hydrogen) atoms. The van der Waals surface area contributed by atoms with Crippen LogP contribution in [0.15, 0.2) is 58.3 Å². The van der Waals surface area contributed by atoms with Crippen LogP contribution in [-0.2, 0) is 11.2 Å². The fraction of sp³-hybridized carbons (Fsp3) is 0.190. The van der Waals surface area contributed by atoms with E-state index in [0.29, 0.717) is 22.0 Å². The van der Waals surface area contributed by atoms with Crippen LogP contribution in [0.25, 0.3) is 0 Å². The predicted octanol–water partition coefficient (Wildman–Crippen LogP) is 2.76. The van der Waals surface area contributed by atoms with E-state index in [1.807, 2.05) is 30.3 Å². The number of hydrazine groups is 1. The van der Waals surface area contributed by atoms with Gasteiger partial charge in [-0.25, -0.2) is 0 Å². The molecule has 150 valence electrons. The van der Waals surface area contributed by atoms with Gasteiger partial charge in [-0.1, -0.05) is 36.4 Å². The first-order valence-corrected chi connectivity index (χ1v) is 9.87. The Balaban J connectivity index is 1.68. The number of carbonyl (C=O) groups excluding carboxylic acids is 3. The fourth-order valence-corrected chi connectivity index (χ4v) is 3.45. The molecule has 3 amide bonds.